The monoisotopic (exact) mass is 178 g/mol. The number of hydrogen-bond donors (Lipinski definition) is 1. The minimum Gasteiger partial charge on any atom is -0.508 e. The standard InChI is InChI=1S/C11H14O2/c1-3-9-6-10(13)4-5-11(9)8(2)7-12/h4-8,13H,3H2,1-2H3. The summed E-state index contributed by atoms with van der Waals surface area (Å²) in [6.45, 7) is 3.87. The van der Waals surface area contributed by atoms with Crippen LogP contribution in [0.4, 0.5) is 0 Å². The second kappa shape index (κ2) is 4.08. The van der Waals surface area contributed by atoms with E-state index in [1.165, 1.54) is 0 Å². The number of aldehydes is 1. The summed E-state index contributed by atoms with van der Waals surface area (Å²) in [6, 6.07) is 5.15. The van der Waals surface area contributed by atoms with Crippen LogP contribution in [0.2, 0.25) is 0 Å². The zero-order valence-electron chi connectivity index (χ0n) is 7.95. The lowest BCUT2D eigenvalue weighted by Gasteiger charge is -2.10. The molecule has 0 bridgehead atoms. The third kappa shape index (κ3) is 2.08. The van der Waals surface area contributed by atoms with Crippen LogP contribution in [0.15, 0.2) is 18.2 Å². The molecule has 0 aliphatic carbocycles. The Kier molecular flexibility index (Phi) is 3.07. The van der Waals surface area contributed by atoms with Gasteiger partial charge < -0.3 is 9.90 Å². The number of benzene rings is 1. The lowest BCUT2D eigenvalue weighted by Crippen LogP contribution is -1.99. The van der Waals surface area contributed by atoms with Crippen molar-refractivity contribution >= 4 is 6.29 Å². The number of aromatic hydroxyl groups is 1. The SMILES string of the molecule is CCc1cc(O)ccc1C(C)C=O. The van der Waals surface area contributed by atoms with E-state index in [-0.39, 0.29) is 11.7 Å². The molecule has 1 N–H and O–H groups in total. The first-order valence-corrected chi connectivity index (χ1v) is 4.46. The van der Waals surface area contributed by atoms with Gasteiger partial charge in [-0.05, 0) is 29.7 Å². The first kappa shape index (κ1) is 9.78. The molecule has 13 heavy (non-hydrogen) atoms. The lowest BCUT2D eigenvalue weighted by atomic mass is 9.95. The Bertz CT molecular complexity index is 305. The van der Waals surface area contributed by atoms with Crippen molar-refractivity contribution in [2.45, 2.75) is 26.2 Å². The van der Waals surface area contributed by atoms with Crippen molar-refractivity contribution in [1.29, 1.82) is 0 Å². The zero-order chi connectivity index (χ0) is 9.84. The van der Waals surface area contributed by atoms with Crippen molar-refractivity contribution < 1.29 is 9.90 Å². The molecule has 0 saturated carbocycles. The zero-order valence-corrected chi connectivity index (χ0v) is 7.95. The molecule has 1 rings (SSSR count). The van der Waals surface area contributed by atoms with E-state index >= 15 is 0 Å². The van der Waals surface area contributed by atoms with E-state index in [1.807, 2.05) is 19.9 Å². The van der Waals surface area contributed by atoms with Gasteiger partial charge in [-0.15, -0.1) is 0 Å². The Labute approximate surface area is 78.2 Å². The minimum absolute atomic E-state index is 0.0875. The Morgan fingerprint density at radius 1 is 1.54 bits per heavy atom. The highest BCUT2D eigenvalue weighted by atomic mass is 16.3. The second-order valence-electron chi connectivity index (χ2n) is 3.16. The molecule has 0 saturated heterocycles. The van der Waals surface area contributed by atoms with Gasteiger partial charge in [-0.25, -0.2) is 0 Å². The quantitative estimate of drug-likeness (QED) is 0.721. The largest absolute Gasteiger partial charge is 0.508 e. The molecule has 2 heteroatoms. The van der Waals surface area contributed by atoms with Gasteiger partial charge in [0.2, 0.25) is 0 Å². The number of carbonyl (C=O) groups is 1. The molecule has 0 aliphatic rings. The molecule has 0 fully saturated rings. The van der Waals surface area contributed by atoms with E-state index in [0.717, 1.165) is 23.8 Å². The molecule has 0 aromatic heterocycles. The molecule has 0 amide bonds. The maximum Gasteiger partial charge on any atom is 0.127 e. The summed E-state index contributed by atoms with van der Waals surface area (Å²) in [6.07, 6.45) is 1.76. The third-order valence-electron chi connectivity index (χ3n) is 2.20. The number of rotatable bonds is 3. The van der Waals surface area contributed by atoms with E-state index in [0.29, 0.717) is 0 Å². The first-order valence-electron chi connectivity index (χ1n) is 4.46. The van der Waals surface area contributed by atoms with Gasteiger partial charge in [0.05, 0.1) is 0 Å². The van der Waals surface area contributed by atoms with Crippen molar-refractivity contribution in [1.82, 2.24) is 0 Å². The second-order valence-corrected chi connectivity index (χ2v) is 3.16. The fourth-order valence-electron chi connectivity index (χ4n) is 1.42. The van der Waals surface area contributed by atoms with Crippen LogP contribution in [0.5, 0.6) is 5.75 Å². The van der Waals surface area contributed by atoms with Crippen LogP contribution in [0, 0.1) is 0 Å². The summed E-state index contributed by atoms with van der Waals surface area (Å²) < 4.78 is 0. The molecular weight excluding hydrogens is 164 g/mol. The van der Waals surface area contributed by atoms with E-state index in [4.69, 9.17) is 0 Å². The van der Waals surface area contributed by atoms with E-state index in [1.54, 1.807) is 12.1 Å². The van der Waals surface area contributed by atoms with Gasteiger partial charge in [0.1, 0.15) is 12.0 Å². The summed E-state index contributed by atoms with van der Waals surface area (Å²) in [4.78, 5) is 10.6. The van der Waals surface area contributed by atoms with Crippen molar-refractivity contribution in [3.05, 3.63) is 29.3 Å². The van der Waals surface area contributed by atoms with Crippen LogP contribution in [-0.2, 0) is 11.2 Å². The molecule has 0 aliphatic heterocycles. The third-order valence-corrected chi connectivity index (χ3v) is 2.20. The summed E-state index contributed by atoms with van der Waals surface area (Å²) in [5.41, 5.74) is 2.05. The predicted molar refractivity (Wildman–Crippen MR) is 52.0 cm³/mol. The van der Waals surface area contributed by atoms with Crippen molar-refractivity contribution in [3.63, 3.8) is 0 Å². The molecule has 0 spiro atoms. The molecule has 1 aromatic carbocycles. The Morgan fingerprint density at radius 2 is 2.23 bits per heavy atom. The number of phenolic OH excluding ortho intramolecular Hbond substituents is 1. The van der Waals surface area contributed by atoms with Crippen LogP contribution in [0.25, 0.3) is 0 Å². The molecule has 1 aromatic rings. The summed E-state index contributed by atoms with van der Waals surface area (Å²) in [5.74, 6) is 0.175. The first-order chi connectivity index (χ1) is 6.19. The highest BCUT2D eigenvalue weighted by Gasteiger charge is 2.08. The lowest BCUT2D eigenvalue weighted by molar-refractivity contribution is -0.108. The van der Waals surface area contributed by atoms with Crippen LogP contribution in [0.1, 0.15) is 30.9 Å². The van der Waals surface area contributed by atoms with Crippen LogP contribution >= 0.6 is 0 Å². The molecule has 1 atom stereocenters. The number of aryl methyl sites for hydroxylation is 1. The molecule has 1 unspecified atom stereocenters. The minimum atomic E-state index is -0.0875. The van der Waals surface area contributed by atoms with Gasteiger partial charge in [-0.2, -0.15) is 0 Å². The van der Waals surface area contributed by atoms with Crippen molar-refractivity contribution in [3.8, 4) is 5.75 Å². The Morgan fingerprint density at radius 3 is 2.77 bits per heavy atom. The predicted octanol–water partition coefficient (Wildman–Crippen LogP) is 2.26. The smallest absolute Gasteiger partial charge is 0.127 e. The van der Waals surface area contributed by atoms with E-state index in [2.05, 4.69) is 0 Å². The molecule has 2 nitrogen and oxygen atoms in total. The number of phenols is 1. The van der Waals surface area contributed by atoms with Crippen molar-refractivity contribution in [2.24, 2.45) is 0 Å². The summed E-state index contributed by atoms with van der Waals surface area (Å²) >= 11 is 0. The van der Waals surface area contributed by atoms with Crippen LogP contribution in [-0.4, -0.2) is 11.4 Å². The number of hydrogen-bond acceptors (Lipinski definition) is 2. The summed E-state index contributed by atoms with van der Waals surface area (Å²) in [7, 11) is 0. The highest BCUT2D eigenvalue weighted by Crippen LogP contribution is 2.22. The van der Waals surface area contributed by atoms with Gasteiger partial charge in [0.15, 0.2) is 0 Å². The maximum atomic E-state index is 10.6. The fraction of sp³-hybridized carbons (Fsp3) is 0.364. The normalized spacial score (nSPS) is 12.5. The van der Waals surface area contributed by atoms with Gasteiger partial charge in [-0.1, -0.05) is 19.9 Å². The average molecular weight is 178 g/mol. The molecule has 0 heterocycles. The Balaban J connectivity index is 3.12. The fourth-order valence-corrected chi connectivity index (χ4v) is 1.42. The Hall–Kier alpha value is -1.31. The molecule has 70 valence electrons. The molecule has 0 radical (unpaired) electrons. The molecular formula is C11H14O2. The summed E-state index contributed by atoms with van der Waals surface area (Å²) in [5, 5.41) is 9.23. The van der Waals surface area contributed by atoms with Gasteiger partial charge in [0, 0.05) is 5.92 Å². The van der Waals surface area contributed by atoms with E-state index in [9.17, 15) is 9.90 Å². The maximum absolute atomic E-state index is 10.6. The number of carbonyl (C=O) groups excluding carboxylic acids is 1. The van der Waals surface area contributed by atoms with Crippen LogP contribution in [0.3, 0.4) is 0 Å². The average Bonchev–Trinajstić information content (AvgIpc) is 2.16. The topological polar surface area (TPSA) is 37.3 Å². The highest BCUT2D eigenvalue weighted by molar-refractivity contribution is 5.63. The van der Waals surface area contributed by atoms with Gasteiger partial charge in [-0.3, -0.25) is 0 Å². The van der Waals surface area contributed by atoms with Crippen molar-refractivity contribution in [2.75, 3.05) is 0 Å². The van der Waals surface area contributed by atoms with Crippen LogP contribution < -0.4 is 0 Å². The van der Waals surface area contributed by atoms with Gasteiger partial charge >= 0.3 is 0 Å². The van der Waals surface area contributed by atoms with Gasteiger partial charge in [0.25, 0.3) is 0 Å². The van der Waals surface area contributed by atoms with E-state index < -0.39 is 0 Å².